The third-order valence-electron chi connectivity index (χ3n) is 5.49. The third-order valence-corrected chi connectivity index (χ3v) is 5.49. The van der Waals surface area contributed by atoms with Crippen LogP contribution < -0.4 is 5.32 Å². The van der Waals surface area contributed by atoms with Crippen LogP contribution in [0.5, 0.6) is 0 Å². The van der Waals surface area contributed by atoms with E-state index in [1.54, 1.807) is 24.3 Å². The summed E-state index contributed by atoms with van der Waals surface area (Å²) in [6.07, 6.45) is 4.75. The lowest BCUT2D eigenvalue weighted by atomic mass is 9.94. The zero-order valence-corrected chi connectivity index (χ0v) is 16.4. The van der Waals surface area contributed by atoms with Crippen molar-refractivity contribution in [1.82, 2.24) is 4.90 Å². The number of hydrogen-bond donors (Lipinski definition) is 1. The molecule has 0 saturated heterocycles. The average molecular weight is 406 g/mol. The number of para-hydroxylation sites is 1. The highest BCUT2D eigenvalue weighted by atomic mass is 16.5. The molecule has 2 aromatic rings. The Bertz CT molecular complexity index is 996. The van der Waals surface area contributed by atoms with Crippen LogP contribution in [0.4, 0.5) is 5.69 Å². The molecular weight excluding hydrogens is 384 g/mol. The number of benzene rings is 2. The van der Waals surface area contributed by atoms with E-state index >= 15 is 0 Å². The average Bonchev–Trinajstić information content (AvgIpc) is 3.03. The Kier molecular flexibility index (Phi) is 5.61. The van der Waals surface area contributed by atoms with E-state index in [4.69, 9.17) is 4.74 Å². The summed E-state index contributed by atoms with van der Waals surface area (Å²) in [5, 5.41) is 2.62. The van der Waals surface area contributed by atoms with Crippen molar-refractivity contribution in [1.29, 1.82) is 0 Å². The first kappa shape index (κ1) is 19.8. The van der Waals surface area contributed by atoms with Gasteiger partial charge in [-0.1, -0.05) is 37.5 Å². The van der Waals surface area contributed by atoms with Crippen LogP contribution in [0.15, 0.2) is 48.5 Å². The molecule has 1 saturated carbocycles. The van der Waals surface area contributed by atoms with Gasteiger partial charge in [0, 0.05) is 11.7 Å². The predicted octanol–water partition coefficient (Wildman–Crippen LogP) is 3.41. The van der Waals surface area contributed by atoms with Crippen molar-refractivity contribution in [2.24, 2.45) is 0 Å². The minimum Gasteiger partial charge on any atom is -0.452 e. The van der Waals surface area contributed by atoms with Gasteiger partial charge in [-0.15, -0.1) is 0 Å². The molecule has 7 heteroatoms. The van der Waals surface area contributed by atoms with Crippen molar-refractivity contribution in [3.05, 3.63) is 65.2 Å². The maximum Gasteiger partial charge on any atom is 0.338 e. The van der Waals surface area contributed by atoms with Crippen LogP contribution >= 0.6 is 0 Å². The molecule has 0 bridgehead atoms. The molecule has 0 aromatic heterocycles. The molecule has 7 nitrogen and oxygen atoms in total. The van der Waals surface area contributed by atoms with Gasteiger partial charge in [0.05, 0.1) is 16.7 Å². The topological polar surface area (TPSA) is 92.8 Å². The summed E-state index contributed by atoms with van der Waals surface area (Å²) in [6, 6.07) is 13.1. The van der Waals surface area contributed by atoms with Crippen LogP contribution in [0.1, 0.15) is 63.2 Å². The first-order valence-corrected chi connectivity index (χ1v) is 10.1. The summed E-state index contributed by atoms with van der Waals surface area (Å²) in [5.41, 5.74) is 1.26. The minimum atomic E-state index is -0.725. The molecule has 4 rings (SSSR count). The number of imide groups is 1. The number of hydrogen-bond acceptors (Lipinski definition) is 5. The summed E-state index contributed by atoms with van der Waals surface area (Å²) < 4.78 is 5.07. The highest BCUT2D eigenvalue weighted by Crippen LogP contribution is 2.31. The Morgan fingerprint density at radius 1 is 0.933 bits per heavy atom. The SMILES string of the molecule is O=C(COC(=O)c1ccc2c(c1)C(=O)N(C1CCCCC1)C2=O)Nc1ccccc1. The normalized spacial score (nSPS) is 16.3. The van der Waals surface area contributed by atoms with E-state index in [0.29, 0.717) is 11.3 Å². The fourth-order valence-electron chi connectivity index (χ4n) is 3.99. The highest BCUT2D eigenvalue weighted by Gasteiger charge is 2.40. The molecule has 30 heavy (non-hydrogen) atoms. The number of amides is 3. The largest absolute Gasteiger partial charge is 0.452 e. The molecule has 0 atom stereocenters. The number of carbonyl (C=O) groups is 4. The number of esters is 1. The van der Waals surface area contributed by atoms with Gasteiger partial charge in [-0.05, 0) is 43.2 Å². The first-order chi connectivity index (χ1) is 14.5. The van der Waals surface area contributed by atoms with Crippen molar-refractivity contribution in [3.8, 4) is 0 Å². The Labute approximate surface area is 174 Å². The number of anilines is 1. The number of nitrogens with one attached hydrogen (secondary N) is 1. The van der Waals surface area contributed by atoms with Gasteiger partial charge in [-0.25, -0.2) is 4.79 Å². The van der Waals surface area contributed by atoms with E-state index in [9.17, 15) is 19.2 Å². The summed E-state index contributed by atoms with van der Waals surface area (Å²) >= 11 is 0. The molecule has 0 unspecified atom stereocenters. The molecule has 1 aliphatic heterocycles. The monoisotopic (exact) mass is 406 g/mol. The Morgan fingerprint density at radius 2 is 1.63 bits per heavy atom. The van der Waals surface area contributed by atoms with Crippen LogP contribution in [0.25, 0.3) is 0 Å². The zero-order chi connectivity index (χ0) is 21.1. The lowest BCUT2D eigenvalue weighted by Crippen LogP contribution is -2.40. The molecular formula is C23H22N2O5. The maximum atomic E-state index is 12.8. The number of nitrogens with zero attached hydrogens (tertiary/aromatic N) is 1. The highest BCUT2D eigenvalue weighted by molar-refractivity contribution is 6.22. The molecule has 1 heterocycles. The van der Waals surface area contributed by atoms with Crippen molar-refractivity contribution in [3.63, 3.8) is 0 Å². The molecule has 154 valence electrons. The summed E-state index contributed by atoms with van der Waals surface area (Å²) in [7, 11) is 0. The van der Waals surface area contributed by atoms with E-state index in [1.807, 2.05) is 6.07 Å². The van der Waals surface area contributed by atoms with E-state index in [2.05, 4.69) is 5.32 Å². The summed E-state index contributed by atoms with van der Waals surface area (Å²) in [4.78, 5) is 51.2. The lowest BCUT2D eigenvalue weighted by Gasteiger charge is -2.29. The van der Waals surface area contributed by atoms with E-state index in [1.165, 1.54) is 23.1 Å². The fourth-order valence-corrected chi connectivity index (χ4v) is 3.99. The molecule has 0 radical (unpaired) electrons. The lowest BCUT2D eigenvalue weighted by molar-refractivity contribution is -0.119. The zero-order valence-electron chi connectivity index (χ0n) is 16.4. The van der Waals surface area contributed by atoms with E-state index in [0.717, 1.165) is 32.1 Å². The number of carbonyl (C=O) groups excluding carboxylic acids is 4. The van der Waals surface area contributed by atoms with Crippen LogP contribution in [-0.2, 0) is 9.53 Å². The molecule has 2 aromatic carbocycles. The van der Waals surface area contributed by atoms with Gasteiger partial charge in [-0.2, -0.15) is 0 Å². The maximum absolute atomic E-state index is 12.8. The van der Waals surface area contributed by atoms with Gasteiger partial charge >= 0.3 is 5.97 Å². The summed E-state index contributed by atoms with van der Waals surface area (Å²) in [6.45, 7) is -0.452. The predicted molar refractivity (Wildman–Crippen MR) is 109 cm³/mol. The number of fused-ring (bicyclic) bond motifs is 1. The van der Waals surface area contributed by atoms with Crippen molar-refractivity contribution < 1.29 is 23.9 Å². The van der Waals surface area contributed by atoms with Crippen LogP contribution in [0.2, 0.25) is 0 Å². The van der Waals surface area contributed by atoms with E-state index in [-0.39, 0.29) is 29.0 Å². The van der Waals surface area contributed by atoms with Crippen molar-refractivity contribution in [2.45, 2.75) is 38.1 Å². The minimum absolute atomic E-state index is 0.0803. The summed E-state index contributed by atoms with van der Waals surface area (Å²) in [5.74, 6) is -1.86. The Balaban J connectivity index is 1.41. The quantitative estimate of drug-likeness (QED) is 0.607. The van der Waals surface area contributed by atoms with E-state index < -0.39 is 18.5 Å². The van der Waals surface area contributed by atoms with Crippen LogP contribution in [0, 0.1) is 0 Å². The molecule has 1 N–H and O–H groups in total. The van der Waals surface area contributed by atoms with Crippen molar-refractivity contribution >= 4 is 29.4 Å². The second-order valence-electron chi connectivity index (χ2n) is 7.52. The van der Waals surface area contributed by atoms with Gasteiger partial charge in [0.2, 0.25) is 0 Å². The Morgan fingerprint density at radius 3 is 2.37 bits per heavy atom. The molecule has 1 fully saturated rings. The number of ether oxygens (including phenoxy) is 1. The Hall–Kier alpha value is -3.48. The van der Waals surface area contributed by atoms with Crippen molar-refractivity contribution in [2.75, 3.05) is 11.9 Å². The molecule has 0 spiro atoms. The smallest absolute Gasteiger partial charge is 0.338 e. The third kappa shape index (κ3) is 3.96. The van der Waals surface area contributed by atoms with Gasteiger partial charge < -0.3 is 10.1 Å². The number of rotatable bonds is 5. The first-order valence-electron chi connectivity index (χ1n) is 10.1. The van der Waals surface area contributed by atoms with Gasteiger partial charge in [0.1, 0.15) is 0 Å². The molecule has 3 amide bonds. The van der Waals surface area contributed by atoms with Crippen LogP contribution in [-0.4, -0.2) is 41.2 Å². The second-order valence-corrected chi connectivity index (χ2v) is 7.52. The fraction of sp³-hybridized carbons (Fsp3) is 0.304. The van der Waals surface area contributed by atoms with Gasteiger partial charge in [0.15, 0.2) is 6.61 Å². The standard InChI is InChI=1S/C23H22N2O5/c26-20(24-16-7-3-1-4-8-16)14-30-23(29)15-11-12-18-19(13-15)22(28)25(21(18)27)17-9-5-2-6-10-17/h1,3-4,7-8,11-13,17H,2,5-6,9-10,14H2,(H,24,26). The van der Waals surface area contributed by atoms with Gasteiger partial charge in [-0.3, -0.25) is 19.3 Å². The van der Waals surface area contributed by atoms with Gasteiger partial charge in [0.25, 0.3) is 17.7 Å². The van der Waals surface area contributed by atoms with Crippen LogP contribution in [0.3, 0.4) is 0 Å². The molecule has 1 aliphatic carbocycles. The molecule has 2 aliphatic rings. The second kappa shape index (κ2) is 8.49.